The number of aromatic amines is 1. The minimum Gasteiger partial charge on any atom is -0.378 e. The lowest BCUT2D eigenvalue weighted by molar-refractivity contribution is 0.0996. The molecule has 2 atom stereocenters. The van der Waals surface area contributed by atoms with Crippen molar-refractivity contribution in [1.29, 1.82) is 0 Å². The lowest BCUT2D eigenvalue weighted by atomic mass is 10.1. The first-order valence-corrected chi connectivity index (χ1v) is 8.21. The highest BCUT2D eigenvalue weighted by Gasteiger charge is 2.33. The molecule has 1 aliphatic heterocycles. The summed E-state index contributed by atoms with van der Waals surface area (Å²) in [7, 11) is 3.72. The van der Waals surface area contributed by atoms with Crippen molar-refractivity contribution in [3.8, 4) is 11.3 Å². The van der Waals surface area contributed by atoms with Crippen LogP contribution in [0.15, 0.2) is 30.7 Å². The number of H-pyrrole nitrogens is 1. The number of ether oxygens (including phenoxy) is 1. The topological polar surface area (TPSA) is 105 Å². The summed E-state index contributed by atoms with van der Waals surface area (Å²) in [5.74, 6) is 0.258. The fourth-order valence-corrected chi connectivity index (χ4v) is 3.52. The van der Waals surface area contributed by atoms with Crippen LogP contribution < -0.4 is 16.0 Å². The molecule has 0 bridgehead atoms. The number of pyridine rings is 1. The van der Waals surface area contributed by atoms with Crippen molar-refractivity contribution >= 4 is 22.7 Å². The summed E-state index contributed by atoms with van der Waals surface area (Å²) in [4.78, 5) is 18.3. The zero-order valence-corrected chi connectivity index (χ0v) is 14.2. The molecule has 4 heterocycles. The molecule has 1 aliphatic rings. The van der Waals surface area contributed by atoms with Gasteiger partial charge in [0.1, 0.15) is 5.65 Å². The third-order valence-electron chi connectivity index (χ3n) is 4.78. The molecule has 8 heteroatoms. The van der Waals surface area contributed by atoms with E-state index >= 15 is 0 Å². The first-order chi connectivity index (χ1) is 12.2. The van der Waals surface area contributed by atoms with Crippen LogP contribution in [0.4, 0.5) is 11.6 Å². The minimum absolute atomic E-state index is 0.144. The second-order valence-corrected chi connectivity index (χ2v) is 6.13. The maximum absolute atomic E-state index is 5.76. The smallest absolute Gasteiger partial charge is 0.220 e. The maximum Gasteiger partial charge on any atom is 0.220 e. The van der Waals surface area contributed by atoms with E-state index in [0.29, 0.717) is 0 Å². The van der Waals surface area contributed by atoms with E-state index < -0.39 is 0 Å². The summed E-state index contributed by atoms with van der Waals surface area (Å²) in [6.07, 6.45) is 5.55. The van der Waals surface area contributed by atoms with Crippen molar-refractivity contribution in [3.63, 3.8) is 0 Å². The summed E-state index contributed by atoms with van der Waals surface area (Å²) in [6.45, 7) is 1.68. The quantitative estimate of drug-likeness (QED) is 0.652. The van der Waals surface area contributed by atoms with Crippen molar-refractivity contribution in [3.05, 3.63) is 30.7 Å². The molecule has 4 rings (SSSR count). The van der Waals surface area contributed by atoms with Crippen LogP contribution in [0.5, 0.6) is 0 Å². The van der Waals surface area contributed by atoms with Gasteiger partial charge in [-0.05, 0) is 19.2 Å². The Hall–Kier alpha value is -2.71. The van der Waals surface area contributed by atoms with Crippen LogP contribution in [0.3, 0.4) is 0 Å². The molecule has 0 saturated carbocycles. The van der Waals surface area contributed by atoms with E-state index in [1.165, 1.54) is 0 Å². The third kappa shape index (κ3) is 2.69. The van der Waals surface area contributed by atoms with Gasteiger partial charge in [-0.1, -0.05) is 0 Å². The van der Waals surface area contributed by atoms with E-state index in [1.807, 2.05) is 31.6 Å². The first-order valence-electron chi connectivity index (χ1n) is 8.21. The Bertz CT molecular complexity index is 882. The number of anilines is 2. The number of likely N-dealkylation sites (N-methyl/N-ethyl adjacent to an activating group) is 1. The molecule has 4 N–H and O–H groups in total. The molecular weight excluding hydrogens is 318 g/mol. The number of nitrogen functional groups attached to an aromatic ring is 1. The van der Waals surface area contributed by atoms with Gasteiger partial charge in [0.05, 0.1) is 28.9 Å². The van der Waals surface area contributed by atoms with Crippen molar-refractivity contribution in [2.24, 2.45) is 0 Å². The summed E-state index contributed by atoms with van der Waals surface area (Å²) in [5, 5.41) is 4.37. The number of fused-ring (bicyclic) bond motifs is 1. The largest absolute Gasteiger partial charge is 0.378 e. The highest BCUT2D eigenvalue weighted by atomic mass is 16.5. The van der Waals surface area contributed by atoms with Crippen LogP contribution in [0.25, 0.3) is 22.3 Å². The molecule has 0 radical (unpaired) electrons. The number of rotatable bonds is 4. The molecule has 1 saturated heterocycles. The molecule has 1 fully saturated rings. The molecule has 0 spiro atoms. The van der Waals surface area contributed by atoms with Gasteiger partial charge in [0.25, 0.3) is 0 Å². The Morgan fingerprint density at radius 2 is 2.12 bits per heavy atom. The fraction of sp³-hybridized carbons (Fsp3) is 0.353. The van der Waals surface area contributed by atoms with E-state index in [9.17, 15) is 0 Å². The van der Waals surface area contributed by atoms with Crippen LogP contribution in [-0.2, 0) is 4.74 Å². The van der Waals surface area contributed by atoms with Gasteiger partial charge in [-0.3, -0.25) is 0 Å². The average molecular weight is 339 g/mol. The SMILES string of the molecule is CN[C@@H]1CN(c2ccnc3[nH]cc(-c4ccnc(N)n4)c23)C[C@H]1OC. The molecule has 3 aromatic rings. The number of hydrogen-bond acceptors (Lipinski definition) is 7. The number of nitrogens with one attached hydrogen (secondary N) is 2. The van der Waals surface area contributed by atoms with E-state index in [2.05, 4.69) is 30.2 Å². The van der Waals surface area contributed by atoms with Gasteiger partial charge >= 0.3 is 0 Å². The third-order valence-corrected chi connectivity index (χ3v) is 4.78. The summed E-state index contributed by atoms with van der Waals surface area (Å²) in [5.41, 5.74) is 9.44. The zero-order chi connectivity index (χ0) is 17.4. The molecule has 0 amide bonds. The van der Waals surface area contributed by atoms with Crippen molar-refractivity contribution in [2.75, 3.05) is 37.9 Å². The lowest BCUT2D eigenvalue weighted by Crippen LogP contribution is -2.37. The van der Waals surface area contributed by atoms with Gasteiger partial charge in [-0.25, -0.2) is 15.0 Å². The normalized spacial score (nSPS) is 20.5. The number of methoxy groups -OCH3 is 1. The minimum atomic E-state index is 0.144. The Kier molecular flexibility index (Phi) is 3.98. The van der Waals surface area contributed by atoms with Gasteiger partial charge in [-0.2, -0.15) is 0 Å². The van der Waals surface area contributed by atoms with Crippen LogP contribution >= 0.6 is 0 Å². The van der Waals surface area contributed by atoms with Crippen LogP contribution in [0.1, 0.15) is 0 Å². The molecule has 3 aromatic heterocycles. The summed E-state index contributed by atoms with van der Waals surface area (Å²) in [6, 6.07) is 4.17. The number of aromatic nitrogens is 4. The zero-order valence-electron chi connectivity index (χ0n) is 14.2. The highest BCUT2D eigenvalue weighted by molar-refractivity contribution is 6.02. The molecule has 8 nitrogen and oxygen atoms in total. The number of nitrogens with zero attached hydrogens (tertiary/aromatic N) is 4. The van der Waals surface area contributed by atoms with E-state index in [4.69, 9.17) is 10.5 Å². The molecule has 0 aromatic carbocycles. The second-order valence-electron chi connectivity index (χ2n) is 6.13. The Labute approximate surface area is 145 Å². The van der Waals surface area contributed by atoms with Crippen molar-refractivity contribution < 1.29 is 4.74 Å². The van der Waals surface area contributed by atoms with Crippen LogP contribution in [0.2, 0.25) is 0 Å². The predicted octanol–water partition coefficient (Wildman–Crippen LogP) is 1.03. The van der Waals surface area contributed by atoms with Gasteiger partial charge < -0.3 is 25.7 Å². The molecule has 25 heavy (non-hydrogen) atoms. The maximum atomic E-state index is 5.76. The molecule has 0 unspecified atom stereocenters. The molecule has 0 aliphatic carbocycles. The van der Waals surface area contributed by atoms with Gasteiger partial charge in [-0.15, -0.1) is 0 Å². The Morgan fingerprint density at radius 1 is 1.28 bits per heavy atom. The predicted molar refractivity (Wildman–Crippen MR) is 97.4 cm³/mol. The first kappa shape index (κ1) is 15.8. The number of hydrogen-bond donors (Lipinski definition) is 3. The van der Waals surface area contributed by atoms with Crippen LogP contribution in [0, 0.1) is 0 Å². The van der Waals surface area contributed by atoms with E-state index in [0.717, 1.165) is 41.1 Å². The second kappa shape index (κ2) is 6.30. The summed E-state index contributed by atoms with van der Waals surface area (Å²) >= 11 is 0. The number of nitrogens with two attached hydrogens (primary N) is 1. The van der Waals surface area contributed by atoms with E-state index in [-0.39, 0.29) is 18.1 Å². The van der Waals surface area contributed by atoms with Gasteiger partial charge in [0.15, 0.2) is 0 Å². The van der Waals surface area contributed by atoms with E-state index in [1.54, 1.807) is 13.3 Å². The van der Waals surface area contributed by atoms with Crippen molar-refractivity contribution in [2.45, 2.75) is 12.1 Å². The van der Waals surface area contributed by atoms with Crippen LogP contribution in [-0.4, -0.2) is 59.3 Å². The van der Waals surface area contributed by atoms with Crippen molar-refractivity contribution in [1.82, 2.24) is 25.3 Å². The highest BCUT2D eigenvalue weighted by Crippen LogP contribution is 2.35. The fourth-order valence-electron chi connectivity index (χ4n) is 3.52. The lowest BCUT2D eigenvalue weighted by Gasteiger charge is -2.20. The standard InChI is InChI=1S/C17H21N7O/c1-19-12-8-24(9-14(12)25-2)13-4-6-20-16-15(13)10(7-22-16)11-3-5-21-17(18)23-11/h3-7,12,14,19H,8-9H2,1-2H3,(H,20,22)(H2,18,21,23)/t12-,14-/m1/s1. The summed E-state index contributed by atoms with van der Waals surface area (Å²) < 4.78 is 5.63. The molecular formula is C17H21N7O. The average Bonchev–Trinajstić information content (AvgIpc) is 3.25. The molecule has 130 valence electrons. The van der Waals surface area contributed by atoms with Gasteiger partial charge in [0, 0.05) is 44.4 Å². The Morgan fingerprint density at radius 3 is 2.84 bits per heavy atom. The van der Waals surface area contributed by atoms with Gasteiger partial charge in [0.2, 0.25) is 5.95 Å². The monoisotopic (exact) mass is 339 g/mol. The Balaban J connectivity index is 1.81.